The van der Waals surface area contributed by atoms with Crippen LogP contribution in [-0.2, 0) is 12.3 Å². The zero-order valence-electron chi connectivity index (χ0n) is 15.0. The van der Waals surface area contributed by atoms with Crippen LogP contribution in [0.2, 0.25) is 5.02 Å². The number of hydrogen-bond donors (Lipinski definition) is 0. The third-order valence-electron chi connectivity index (χ3n) is 4.27. The van der Waals surface area contributed by atoms with E-state index in [1.807, 2.05) is 60.7 Å². The summed E-state index contributed by atoms with van der Waals surface area (Å²) in [5.41, 5.74) is 2.20. The highest BCUT2D eigenvalue weighted by Crippen LogP contribution is 2.32. The smallest absolute Gasteiger partial charge is 0.263 e. The highest BCUT2D eigenvalue weighted by molar-refractivity contribution is 7.98. The predicted octanol–water partition coefficient (Wildman–Crippen LogP) is 6.26. The monoisotopic (exact) mass is 424 g/mol. The van der Waals surface area contributed by atoms with E-state index in [0.717, 1.165) is 20.8 Å². The Hall–Kier alpha value is -2.34. The zero-order chi connectivity index (χ0) is 19.5. The third-order valence-corrected chi connectivity index (χ3v) is 6.64. The number of thiophene rings is 1. The second-order valence-corrected chi connectivity index (χ2v) is 8.62. The summed E-state index contributed by atoms with van der Waals surface area (Å²) in [5, 5.41) is 2.07. The molecule has 0 unspecified atom stereocenters. The summed E-state index contributed by atoms with van der Waals surface area (Å²) in [7, 11) is 0. The summed E-state index contributed by atoms with van der Waals surface area (Å²) in [6, 6.07) is 19.7. The molecule has 28 heavy (non-hydrogen) atoms. The molecule has 2 aromatic carbocycles. The van der Waals surface area contributed by atoms with Gasteiger partial charge in [-0.15, -0.1) is 17.9 Å². The largest absolute Gasteiger partial charge is 0.283 e. The lowest BCUT2D eigenvalue weighted by Crippen LogP contribution is -2.22. The van der Waals surface area contributed by atoms with Crippen molar-refractivity contribution in [3.05, 3.63) is 94.3 Å². The van der Waals surface area contributed by atoms with Gasteiger partial charge in [-0.2, -0.15) is 0 Å². The van der Waals surface area contributed by atoms with Crippen LogP contribution in [0.15, 0.2) is 83.3 Å². The number of halogens is 1. The Balaban J connectivity index is 1.74. The van der Waals surface area contributed by atoms with Crippen molar-refractivity contribution in [3.8, 4) is 10.4 Å². The van der Waals surface area contributed by atoms with Gasteiger partial charge in [0.2, 0.25) is 0 Å². The summed E-state index contributed by atoms with van der Waals surface area (Å²) < 4.78 is 1.69. The maximum Gasteiger partial charge on any atom is 0.263 e. The molecule has 0 fully saturated rings. The first-order chi connectivity index (χ1) is 13.7. The van der Waals surface area contributed by atoms with Crippen molar-refractivity contribution in [1.29, 1.82) is 0 Å². The number of thioether (sulfide) groups is 1. The molecule has 0 radical (unpaired) electrons. The van der Waals surface area contributed by atoms with Crippen LogP contribution in [0.3, 0.4) is 0 Å². The molecule has 4 rings (SSSR count). The normalized spacial score (nSPS) is 11.0. The van der Waals surface area contributed by atoms with Crippen LogP contribution in [0.4, 0.5) is 0 Å². The number of benzene rings is 2. The summed E-state index contributed by atoms with van der Waals surface area (Å²) >= 11 is 9.06. The molecule has 140 valence electrons. The Morgan fingerprint density at radius 3 is 2.61 bits per heavy atom. The molecule has 0 bridgehead atoms. The molecule has 6 heteroatoms. The number of nitrogens with zero attached hydrogens (tertiary/aromatic N) is 2. The van der Waals surface area contributed by atoms with Gasteiger partial charge in [0, 0.05) is 22.2 Å². The van der Waals surface area contributed by atoms with E-state index in [2.05, 4.69) is 6.58 Å². The van der Waals surface area contributed by atoms with Crippen molar-refractivity contribution in [1.82, 2.24) is 9.55 Å². The first kappa shape index (κ1) is 19.0. The Bertz CT molecular complexity index is 1180. The van der Waals surface area contributed by atoms with Crippen molar-refractivity contribution >= 4 is 44.9 Å². The van der Waals surface area contributed by atoms with E-state index in [1.165, 1.54) is 0 Å². The van der Waals surface area contributed by atoms with Gasteiger partial charge in [-0.25, -0.2) is 4.98 Å². The van der Waals surface area contributed by atoms with Crippen molar-refractivity contribution in [2.24, 2.45) is 0 Å². The van der Waals surface area contributed by atoms with Gasteiger partial charge in [0.15, 0.2) is 5.16 Å². The number of allylic oxidation sites excluding steroid dienone is 1. The van der Waals surface area contributed by atoms with E-state index >= 15 is 0 Å². The van der Waals surface area contributed by atoms with Gasteiger partial charge in [-0.1, -0.05) is 71.9 Å². The molecular formula is C22H17ClN2OS2. The standard InChI is InChI=1S/C22H17ClN2OS2/c1-2-12-25-21(26)18-13-19(16-6-4-3-5-7-16)28-20(18)24-22(25)27-14-15-8-10-17(23)11-9-15/h2-11,13H,1,12,14H2. The fourth-order valence-corrected chi connectivity index (χ4v) is 5.04. The third kappa shape index (κ3) is 3.92. The van der Waals surface area contributed by atoms with E-state index in [9.17, 15) is 4.79 Å². The molecule has 0 saturated heterocycles. The summed E-state index contributed by atoms with van der Waals surface area (Å²) in [4.78, 5) is 19.7. The van der Waals surface area contributed by atoms with Crippen LogP contribution in [-0.4, -0.2) is 9.55 Å². The van der Waals surface area contributed by atoms with Gasteiger partial charge in [0.1, 0.15) is 4.83 Å². The molecule has 0 aliphatic rings. The Labute approximate surface area is 176 Å². The zero-order valence-corrected chi connectivity index (χ0v) is 17.4. The lowest BCUT2D eigenvalue weighted by atomic mass is 10.2. The molecule has 0 amide bonds. The van der Waals surface area contributed by atoms with Gasteiger partial charge in [0.05, 0.1) is 5.39 Å². The fourth-order valence-electron chi connectivity index (χ4n) is 2.87. The maximum atomic E-state index is 13.1. The van der Waals surface area contributed by atoms with Gasteiger partial charge < -0.3 is 0 Å². The van der Waals surface area contributed by atoms with Gasteiger partial charge in [0.25, 0.3) is 5.56 Å². The SMILES string of the molecule is C=CCn1c(SCc2ccc(Cl)cc2)nc2sc(-c3ccccc3)cc2c1=O. The molecule has 0 N–H and O–H groups in total. The van der Waals surface area contributed by atoms with E-state index in [1.54, 1.807) is 33.7 Å². The van der Waals surface area contributed by atoms with Crippen LogP contribution >= 0.6 is 34.7 Å². The summed E-state index contributed by atoms with van der Waals surface area (Å²) in [5.74, 6) is 0.711. The number of fused-ring (bicyclic) bond motifs is 1. The van der Waals surface area contributed by atoms with E-state index in [4.69, 9.17) is 16.6 Å². The molecule has 4 aromatic rings. The molecule has 2 heterocycles. The molecule has 0 spiro atoms. The maximum absolute atomic E-state index is 13.1. The average Bonchev–Trinajstić information content (AvgIpc) is 3.15. The van der Waals surface area contributed by atoms with E-state index in [-0.39, 0.29) is 5.56 Å². The Morgan fingerprint density at radius 2 is 1.89 bits per heavy atom. The number of rotatable bonds is 6. The van der Waals surface area contributed by atoms with Crippen molar-refractivity contribution in [2.75, 3.05) is 0 Å². The van der Waals surface area contributed by atoms with Crippen LogP contribution in [0.25, 0.3) is 20.7 Å². The van der Waals surface area contributed by atoms with Crippen molar-refractivity contribution in [3.63, 3.8) is 0 Å². The summed E-state index contributed by atoms with van der Waals surface area (Å²) in [6.07, 6.45) is 1.73. The highest BCUT2D eigenvalue weighted by atomic mass is 35.5. The quantitative estimate of drug-likeness (QED) is 0.208. The van der Waals surface area contributed by atoms with Crippen LogP contribution in [0.1, 0.15) is 5.56 Å². The summed E-state index contributed by atoms with van der Waals surface area (Å²) in [6.45, 7) is 4.22. The molecule has 2 aromatic heterocycles. The van der Waals surface area contributed by atoms with E-state index in [0.29, 0.717) is 27.9 Å². The molecular weight excluding hydrogens is 408 g/mol. The minimum absolute atomic E-state index is 0.0260. The topological polar surface area (TPSA) is 34.9 Å². The molecule has 0 aliphatic heterocycles. The Morgan fingerprint density at radius 1 is 1.14 bits per heavy atom. The molecule has 0 aliphatic carbocycles. The second kappa shape index (κ2) is 8.35. The van der Waals surface area contributed by atoms with Crippen LogP contribution < -0.4 is 5.56 Å². The molecule has 0 saturated carbocycles. The van der Waals surface area contributed by atoms with Crippen molar-refractivity contribution in [2.45, 2.75) is 17.5 Å². The number of hydrogen-bond acceptors (Lipinski definition) is 4. The minimum atomic E-state index is -0.0260. The molecule has 3 nitrogen and oxygen atoms in total. The van der Waals surface area contributed by atoms with E-state index < -0.39 is 0 Å². The highest BCUT2D eigenvalue weighted by Gasteiger charge is 2.15. The van der Waals surface area contributed by atoms with Crippen molar-refractivity contribution < 1.29 is 0 Å². The molecule has 0 atom stereocenters. The van der Waals surface area contributed by atoms with Gasteiger partial charge in [-0.3, -0.25) is 9.36 Å². The number of aromatic nitrogens is 2. The predicted molar refractivity (Wildman–Crippen MR) is 121 cm³/mol. The Kier molecular flexibility index (Phi) is 5.67. The second-order valence-electron chi connectivity index (χ2n) is 6.21. The first-order valence-corrected chi connectivity index (χ1v) is 10.9. The van der Waals surface area contributed by atoms with Crippen LogP contribution in [0.5, 0.6) is 0 Å². The van der Waals surface area contributed by atoms with Gasteiger partial charge in [-0.05, 0) is 29.3 Å². The lowest BCUT2D eigenvalue weighted by molar-refractivity contribution is 0.673. The first-order valence-electron chi connectivity index (χ1n) is 8.73. The fraction of sp³-hybridized carbons (Fsp3) is 0.0909. The van der Waals surface area contributed by atoms with Crippen LogP contribution in [0, 0.1) is 0 Å². The van der Waals surface area contributed by atoms with Gasteiger partial charge >= 0.3 is 0 Å². The minimum Gasteiger partial charge on any atom is -0.283 e. The average molecular weight is 425 g/mol. The lowest BCUT2D eigenvalue weighted by Gasteiger charge is -2.10.